The molecule has 0 radical (unpaired) electrons. The van der Waals surface area contributed by atoms with Gasteiger partial charge in [-0.15, -0.1) is 0 Å². The van der Waals surface area contributed by atoms with E-state index in [1.807, 2.05) is 6.07 Å². The molecule has 0 aromatic carbocycles. The summed E-state index contributed by atoms with van der Waals surface area (Å²) in [6.45, 7) is 1.37. The highest BCUT2D eigenvalue weighted by Crippen LogP contribution is 2.48. The number of urea groups is 1. The maximum Gasteiger partial charge on any atom is 0.317 e. The van der Waals surface area contributed by atoms with Crippen molar-refractivity contribution in [1.29, 1.82) is 0 Å². The van der Waals surface area contributed by atoms with Gasteiger partial charge in [0.15, 0.2) is 0 Å². The zero-order valence-electron chi connectivity index (χ0n) is 15.4. The van der Waals surface area contributed by atoms with E-state index in [4.69, 9.17) is 9.47 Å². The lowest BCUT2D eigenvalue weighted by Gasteiger charge is -2.26. The first-order valence-electron chi connectivity index (χ1n) is 9.44. The number of likely N-dealkylation sites (tertiary alicyclic amines) is 1. The van der Waals surface area contributed by atoms with Crippen LogP contribution in [0.2, 0.25) is 0 Å². The molecule has 8 nitrogen and oxygen atoms in total. The van der Waals surface area contributed by atoms with Crippen molar-refractivity contribution in [3.63, 3.8) is 0 Å². The molecule has 2 amide bonds. The summed E-state index contributed by atoms with van der Waals surface area (Å²) in [7, 11) is 1.56. The fraction of sp³-hybridized carbons (Fsp3) is 0.632. The van der Waals surface area contributed by atoms with Crippen LogP contribution in [-0.4, -0.2) is 59.8 Å². The Bertz CT molecular complexity index is 725. The van der Waals surface area contributed by atoms with Crippen LogP contribution in [0, 0.1) is 11.3 Å². The van der Waals surface area contributed by atoms with Crippen LogP contribution in [0.5, 0.6) is 5.88 Å². The Morgan fingerprint density at radius 1 is 1.41 bits per heavy atom. The molecule has 2 N–H and O–H groups in total. The third-order valence-corrected chi connectivity index (χ3v) is 6.28. The number of pyridine rings is 1. The van der Waals surface area contributed by atoms with E-state index in [0.717, 1.165) is 18.4 Å². The van der Waals surface area contributed by atoms with Crippen LogP contribution in [0.15, 0.2) is 18.3 Å². The fourth-order valence-electron chi connectivity index (χ4n) is 4.79. The number of amides is 2. The molecule has 8 heteroatoms. The maximum absolute atomic E-state index is 12.8. The number of ether oxygens (including phenoxy) is 2. The van der Waals surface area contributed by atoms with Crippen molar-refractivity contribution in [2.75, 3.05) is 26.8 Å². The molecule has 1 saturated carbocycles. The lowest BCUT2D eigenvalue weighted by molar-refractivity contribution is -0.149. The Morgan fingerprint density at radius 2 is 2.26 bits per heavy atom. The average Bonchev–Trinajstić information content (AvgIpc) is 3.35. The van der Waals surface area contributed by atoms with E-state index >= 15 is 0 Å². The third kappa shape index (κ3) is 3.12. The van der Waals surface area contributed by atoms with Gasteiger partial charge in [0.2, 0.25) is 5.88 Å². The first-order valence-corrected chi connectivity index (χ1v) is 9.44. The van der Waals surface area contributed by atoms with E-state index in [1.54, 1.807) is 24.3 Å². The molecule has 1 aliphatic carbocycles. The Kier molecular flexibility index (Phi) is 4.67. The molecular weight excluding hydrogens is 350 g/mol. The minimum absolute atomic E-state index is 0.0576. The number of carboxylic acid groups (broad SMARTS) is 1. The normalized spacial score (nSPS) is 32.3. The molecule has 3 heterocycles. The van der Waals surface area contributed by atoms with Crippen molar-refractivity contribution in [2.45, 2.75) is 37.8 Å². The molecule has 2 aliphatic heterocycles. The van der Waals surface area contributed by atoms with Gasteiger partial charge in [-0.3, -0.25) is 4.79 Å². The second-order valence-corrected chi connectivity index (χ2v) is 7.70. The van der Waals surface area contributed by atoms with Gasteiger partial charge < -0.3 is 24.8 Å². The second kappa shape index (κ2) is 6.99. The lowest BCUT2D eigenvalue weighted by atomic mass is 9.81. The van der Waals surface area contributed by atoms with Crippen molar-refractivity contribution in [1.82, 2.24) is 15.2 Å². The molecule has 0 spiro atoms. The van der Waals surface area contributed by atoms with Crippen molar-refractivity contribution >= 4 is 12.0 Å². The number of carbonyl (C=O) groups excluding carboxylic acids is 1. The van der Waals surface area contributed by atoms with E-state index in [1.165, 1.54) is 0 Å². The van der Waals surface area contributed by atoms with Crippen molar-refractivity contribution in [3.8, 4) is 5.88 Å². The molecule has 4 atom stereocenters. The molecule has 1 aromatic rings. The summed E-state index contributed by atoms with van der Waals surface area (Å²) < 4.78 is 10.9. The summed E-state index contributed by atoms with van der Waals surface area (Å²) in [5, 5.41) is 12.7. The molecular formula is C19H25N3O5. The van der Waals surface area contributed by atoms with Crippen LogP contribution in [-0.2, 0) is 9.53 Å². The molecule has 27 heavy (non-hydrogen) atoms. The van der Waals surface area contributed by atoms with Gasteiger partial charge in [-0.2, -0.15) is 0 Å². The first-order chi connectivity index (χ1) is 13.0. The fourth-order valence-corrected chi connectivity index (χ4v) is 4.79. The maximum atomic E-state index is 12.8. The van der Waals surface area contributed by atoms with E-state index in [2.05, 4.69) is 10.3 Å². The molecule has 4 rings (SSSR count). The average molecular weight is 375 g/mol. The minimum atomic E-state index is -0.772. The molecule has 2 saturated heterocycles. The van der Waals surface area contributed by atoms with Gasteiger partial charge >= 0.3 is 12.0 Å². The van der Waals surface area contributed by atoms with E-state index in [-0.39, 0.29) is 24.1 Å². The van der Waals surface area contributed by atoms with E-state index in [0.29, 0.717) is 38.4 Å². The van der Waals surface area contributed by atoms with Gasteiger partial charge in [-0.05, 0) is 31.2 Å². The number of carboxylic acids is 1. The van der Waals surface area contributed by atoms with Crippen LogP contribution >= 0.6 is 0 Å². The first kappa shape index (κ1) is 18.0. The van der Waals surface area contributed by atoms with Gasteiger partial charge in [0.25, 0.3) is 0 Å². The number of nitrogens with zero attached hydrogens (tertiary/aromatic N) is 2. The summed E-state index contributed by atoms with van der Waals surface area (Å²) in [5.41, 5.74) is 0.127. The predicted molar refractivity (Wildman–Crippen MR) is 95.4 cm³/mol. The summed E-state index contributed by atoms with van der Waals surface area (Å²) in [4.78, 5) is 30.5. The number of nitrogens with one attached hydrogen (secondary N) is 1. The minimum Gasteiger partial charge on any atom is -0.481 e. The van der Waals surface area contributed by atoms with Gasteiger partial charge in [-0.25, -0.2) is 9.78 Å². The van der Waals surface area contributed by atoms with Crippen LogP contribution in [0.3, 0.4) is 0 Å². The molecule has 146 valence electrons. The zero-order valence-corrected chi connectivity index (χ0v) is 15.4. The molecule has 3 aliphatic rings. The van der Waals surface area contributed by atoms with Crippen molar-refractivity contribution < 1.29 is 24.2 Å². The monoisotopic (exact) mass is 375 g/mol. The van der Waals surface area contributed by atoms with Crippen molar-refractivity contribution in [2.24, 2.45) is 11.3 Å². The van der Waals surface area contributed by atoms with Crippen molar-refractivity contribution in [3.05, 3.63) is 23.9 Å². The topological polar surface area (TPSA) is 101 Å². The number of rotatable bonds is 4. The van der Waals surface area contributed by atoms with Gasteiger partial charge in [0, 0.05) is 37.5 Å². The van der Waals surface area contributed by atoms with Gasteiger partial charge in [-0.1, -0.05) is 6.42 Å². The Labute approximate surface area is 157 Å². The summed E-state index contributed by atoms with van der Waals surface area (Å²) in [6, 6.07) is 3.30. The Balaban J connectivity index is 1.42. The van der Waals surface area contributed by atoms with Crippen LogP contribution in [0.1, 0.15) is 37.4 Å². The highest BCUT2D eigenvalue weighted by Gasteiger charge is 2.56. The number of hydrogen-bond donors (Lipinski definition) is 2. The predicted octanol–water partition coefficient (Wildman–Crippen LogP) is 1.82. The van der Waals surface area contributed by atoms with Gasteiger partial charge in [0.05, 0.1) is 18.6 Å². The molecule has 1 aromatic heterocycles. The number of aromatic nitrogens is 1. The molecule has 0 bridgehead atoms. The largest absolute Gasteiger partial charge is 0.481 e. The molecule has 3 fully saturated rings. The van der Waals surface area contributed by atoms with E-state index in [9.17, 15) is 14.7 Å². The number of carbonyl (C=O) groups is 2. The quantitative estimate of drug-likeness (QED) is 0.832. The zero-order chi connectivity index (χ0) is 19.0. The van der Waals surface area contributed by atoms with Crippen LogP contribution < -0.4 is 10.1 Å². The lowest BCUT2D eigenvalue weighted by Crippen LogP contribution is -2.46. The summed E-state index contributed by atoms with van der Waals surface area (Å²) in [6.07, 6.45) is 4.61. The second-order valence-electron chi connectivity index (χ2n) is 7.70. The summed E-state index contributed by atoms with van der Waals surface area (Å²) in [5.74, 6) is -0.186. The number of methoxy groups -OCH3 is 1. The third-order valence-electron chi connectivity index (χ3n) is 6.28. The van der Waals surface area contributed by atoms with Crippen LogP contribution in [0.25, 0.3) is 0 Å². The molecule has 0 unspecified atom stereocenters. The Hall–Kier alpha value is -2.35. The number of fused-ring (bicyclic) bond motifs is 1. The SMILES string of the molecule is COc1ccc([C@H]2OCC[C@@H]2NC(=O)N2C[C@@H]3CCC[C@@]3(C(=O)O)C2)cn1. The van der Waals surface area contributed by atoms with E-state index < -0.39 is 11.4 Å². The standard InChI is InChI=1S/C19H25N3O5/c1-26-15-5-4-12(9-20-15)16-14(6-8-27-16)21-18(25)22-10-13-3-2-7-19(13,11-22)17(23)24/h4-5,9,13-14,16H,2-3,6-8,10-11H2,1H3,(H,21,25)(H,23,24)/t13-,14-,16+,19+/m0/s1. The Morgan fingerprint density at radius 3 is 2.93 bits per heavy atom. The van der Waals surface area contributed by atoms with Crippen LogP contribution in [0.4, 0.5) is 4.79 Å². The summed E-state index contributed by atoms with van der Waals surface area (Å²) >= 11 is 0. The highest BCUT2D eigenvalue weighted by molar-refractivity contribution is 5.80. The highest BCUT2D eigenvalue weighted by atomic mass is 16.5. The van der Waals surface area contributed by atoms with Gasteiger partial charge in [0.1, 0.15) is 6.10 Å². The number of hydrogen-bond acceptors (Lipinski definition) is 5. The smallest absolute Gasteiger partial charge is 0.317 e. The number of aliphatic carboxylic acids is 1.